The third-order valence-electron chi connectivity index (χ3n) is 6.22. The van der Waals surface area contributed by atoms with Gasteiger partial charge in [0, 0.05) is 11.3 Å². The van der Waals surface area contributed by atoms with Crippen LogP contribution in [0.15, 0.2) is 77.9 Å². The first-order chi connectivity index (χ1) is 21.7. The van der Waals surface area contributed by atoms with Crippen molar-refractivity contribution >= 4 is 40.2 Å². The molecule has 1 aliphatic heterocycles. The lowest BCUT2D eigenvalue weighted by atomic mass is 10.1. The maximum atomic E-state index is 12.8. The third kappa shape index (κ3) is 8.35. The Morgan fingerprint density at radius 2 is 1.74 bits per heavy atom. The van der Waals surface area contributed by atoms with Crippen molar-refractivity contribution in [1.29, 1.82) is 0 Å². The molecule has 1 aliphatic rings. The number of carbonyl (C=O) groups excluding carboxylic acids is 2. The molecule has 0 saturated carbocycles. The molecule has 0 bridgehead atoms. The maximum Gasteiger partial charge on any atom is 0.573 e. The lowest BCUT2D eigenvalue weighted by Gasteiger charge is -2.20. The Balaban J connectivity index is 1.26. The molecule has 4 aromatic rings. The molecule has 1 fully saturated rings. The van der Waals surface area contributed by atoms with Crippen LogP contribution in [0.2, 0.25) is 0 Å². The number of nitrogens with zero attached hydrogens (tertiary/aromatic N) is 5. The van der Waals surface area contributed by atoms with E-state index in [4.69, 9.17) is 4.74 Å². The molecule has 1 N–H and O–H groups in total. The minimum atomic E-state index is -4.80. The van der Waals surface area contributed by atoms with Gasteiger partial charge in [-0.3, -0.25) is 9.69 Å². The van der Waals surface area contributed by atoms with Crippen molar-refractivity contribution in [1.82, 2.24) is 15.0 Å². The normalized spacial score (nSPS) is 14.5. The summed E-state index contributed by atoms with van der Waals surface area (Å²) in [4.78, 5) is 30.7. The first kappa shape index (κ1) is 32.3. The van der Waals surface area contributed by atoms with Crippen LogP contribution in [0.25, 0.3) is 16.9 Å². The van der Waals surface area contributed by atoms with E-state index < -0.39 is 37.5 Å². The number of carbonyl (C=O) groups is 2. The van der Waals surface area contributed by atoms with Gasteiger partial charge in [-0.25, -0.2) is 9.48 Å². The van der Waals surface area contributed by atoms with E-state index in [9.17, 15) is 35.9 Å². The van der Waals surface area contributed by atoms with E-state index in [1.807, 2.05) is 0 Å². The van der Waals surface area contributed by atoms with Gasteiger partial charge in [-0.1, -0.05) is 35.2 Å². The molecule has 0 atom stereocenters. The summed E-state index contributed by atoms with van der Waals surface area (Å²) in [7, 11) is 0. The van der Waals surface area contributed by atoms with Gasteiger partial charge in [-0.05, 0) is 61.0 Å². The molecule has 0 spiro atoms. The topological polar surface area (TPSA) is 111 Å². The quantitative estimate of drug-likeness (QED) is 0.199. The fraction of sp³-hybridized carbons (Fsp3) is 0.207. The van der Waals surface area contributed by atoms with E-state index in [0.717, 1.165) is 28.8 Å². The molecular weight excluding hydrogens is 642 g/mol. The summed E-state index contributed by atoms with van der Waals surface area (Å²) in [6, 6.07) is 15.4. The molecule has 0 radical (unpaired) electrons. The number of hydrogen-bond acceptors (Lipinski definition) is 7. The second-order valence-electron chi connectivity index (χ2n) is 9.69. The highest BCUT2D eigenvalue weighted by atomic mass is 32.2. The van der Waals surface area contributed by atoms with E-state index in [-0.39, 0.29) is 28.1 Å². The number of alkyl halides is 6. The van der Waals surface area contributed by atoms with Crippen molar-refractivity contribution in [2.75, 3.05) is 22.6 Å². The maximum absolute atomic E-state index is 12.8. The van der Waals surface area contributed by atoms with Crippen LogP contribution in [0, 0.1) is 6.92 Å². The van der Waals surface area contributed by atoms with Crippen molar-refractivity contribution in [2.24, 2.45) is 4.99 Å². The Hall–Kier alpha value is -5.06. The van der Waals surface area contributed by atoms with Crippen LogP contribution < -0.4 is 19.7 Å². The van der Waals surface area contributed by atoms with Crippen molar-refractivity contribution in [3.63, 3.8) is 0 Å². The average molecular weight is 665 g/mol. The number of urea groups is 1. The minimum Gasteiger partial charge on any atom is -0.491 e. The predicted octanol–water partition coefficient (Wildman–Crippen LogP) is 7.14. The highest BCUT2D eigenvalue weighted by Gasteiger charge is 2.34. The lowest BCUT2D eigenvalue weighted by molar-refractivity contribution is -0.274. The Bertz CT molecular complexity index is 1760. The first-order valence-corrected chi connectivity index (χ1v) is 14.3. The summed E-state index contributed by atoms with van der Waals surface area (Å²) in [6.07, 6.45) is -8.84. The van der Waals surface area contributed by atoms with Gasteiger partial charge >= 0.3 is 18.6 Å². The number of amides is 3. The number of amidine groups is 1. The molecule has 10 nitrogen and oxygen atoms in total. The summed E-state index contributed by atoms with van der Waals surface area (Å²) >= 11 is 0.994. The third-order valence-corrected chi connectivity index (χ3v) is 7.14. The van der Waals surface area contributed by atoms with Gasteiger partial charge in [0.05, 0.1) is 36.4 Å². The van der Waals surface area contributed by atoms with Crippen LogP contribution >= 0.6 is 11.8 Å². The van der Waals surface area contributed by atoms with Crippen LogP contribution in [0.3, 0.4) is 0 Å². The SMILES string of the molecule is Cc1ccc(OCCC(F)(F)F)c(N2C(=O)CSC2=NC(=O)Nc2ccc(-c3cn(-c4ccc(OC(F)(F)F)cc4)nn3)cc2)c1. The second kappa shape index (κ2) is 13.1. The van der Waals surface area contributed by atoms with Gasteiger partial charge in [0.25, 0.3) is 0 Å². The lowest BCUT2D eigenvalue weighted by Crippen LogP contribution is -2.31. The molecule has 1 saturated heterocycles. The van der Waals surface area contributed by atoms with Crippen molar-refractivity contribution < 1.29 is 45.4 Å². The fourth-order valence-corrected chi connectivity index (χ4v) is 5.03. The number of thioether (sulfide) groups is 1. The van der Waals surface area contributed by atoms with E-state index in [2.05, 4.69) is 25.4 Å². The summed E-state index contributed by atoms with van der Waals surface area (Å²) in [5.74, 6) is -0.799. The predicted molar refractivity (Wildman–Crippen MR) is 157 cm³/mol. The molecule has 0 aliphatic carbocycles. The second-order valence-corrected chi connectivity index (χ2v) is 10.6. The van der Waals surface area contributed by atoms with Gasteiger partial charge in [0.15, 0.2) is 5.17 Å². The van der Waals surface area contributed by atoms with Crippen LogP contribution in [-0.2, 0) is 4.79 Å². The standard InChI is InChI=1S/C29H22F6N6O4S/c1-17-2-11-24(44-13-12-28(30,31)32)23(14-17)41-25(42)16-46-27(41)37-26(43)36-19-5-3-18(4-6-19)22-15-40(39-38-22)20-7-9-21(10-8-20)45-29(33,34)35/h2-11,14-15H,12-13,16H2,1H3,(H,36,43). The van der Waals surface area contributed by atoms with E-state index in [1.165, 1.54) is 22.9 Å². The van der Waals surface area contributed by atoms with Crippen LogP contribution in [0.1, 0.15) is 12.0 Å². The molecule has 1 aromatic heterocycles. The number of halogens is 6. The molecule has 3 amide bonds. The zero-order chi connectivity index (χ0) is 33.1. The summed E-state index contributed by atoms with van der Waals surface area (Å²) in [5, 5.41) is 10.7. The zero-order valence-electron chi connectivity index (χ0n) is 23.6. The monoisotopic (exact) mass is 664 g/mol. The van der Waals surface area contributed by atoms with E-state index in [0.29, 0.717) is 28.2 Å². The van der Waals surface area contributed by atoms with E-state index in [1.54, 1.807) is 49.5 Å². The Morgan fingerprint density at radius 1 is 1.02 bits per heavy atom. The number of aryl methyl sites for hydroxylation is 1. The van der Waals surface area contributed by atoms with Gasteiger partial charge in [-0.2, -0.15) is 18.2 Å². The largest absolute Gasteiger partial charge is 0.573 e. The fourth-order valence-electron chi connectivity index (χ4n) is 4.17. The molecule has 0 unspecified atom stereocenters. The number of aromatic nitrogens is 3. The van der Waals surface area contributed by atoms with Crippen LogP contribution in [0.4, 0.5) is 42.5 Å². The molecule has 5 rings (SSSR count). The summed E-state index contributed by atoms with van der Waals surface area (Å²) in [5.41, 5.74) is 2.74. The number of rotatable bonds is 8. The summed E-state index contributed by atoms with van der Waals surface area (Å²) < 4.78 is 85.7. The first-order valence-electron chi connectivity index (χ1n) is 13.3. The molecular formula is C29H22F6N6O4S. The molecule has 46 heavy (non-hydrogen) atoms. The Morgan fingerprint density at radius 3 is 2.41 bits per heavy atom. The average Bonchev–Trinajstić information content (AvgIpc) is 3.60. The number of aliphatic imine (C=N–C) groups is 1. The Kier molecular flexibility index (Phi) is 9.22. The molecule has 17 heteroatoms. The van der Waals surface area contributed by atoms with Crippen molar-refractivity contribution in [3.05, 3.63) is 78.5 Å². The minimum absolute atomic E-state index is 0.0278. The highest BCUT2D eigenvalue weighted by molar-refractivity contribution is 8.15. The Labute approximate surface area is 261 Å². The molecule has 2 heterocycles. The summed E-state index contributed by atoms with van der Waals surface area (Å²) in [6.45, 7) is 1.08. The zero-order valence-corrected chi connectivity index (χ0v) is 24.4. The van der Waals surface area contributed by atoms with Crippen molar-refractivity contribution in [2.45, 2.75) is 25.9 Å². The number of ether oxygens (including phenoxy) is 2. The number of nitrogens with one attached hydrogen (secondary N) is 1. The van der Waals surface area contributed by atoms with E-state index >= 15 is 0 Å². The van der Waals surface area contributed by atoms with Gasteiger partial charge in [-0.15, -0.1) is 18.3 Å². The number of hydrogen-bond donors (Lipinski definition) is 1. The smallest absolute Gasteiger partial charge is 0.491 e. The van der Waals surface area contributed by atoms with Crippen LogP contribution in [0.5, 0.6) is 11.5 Å². The highest BCUT2D eigenvalue weighted by Crippen LogP contribution is 2.36. The number of anilines is 2. The molecule has 3 aromatic carbocycles. The number of benzene rings is 3. The van der Waals surface area contributed by atoms with Gasteiger partial charge in [0.1, 0.15) is 17.2 Å². The van der Waals surface area contributed by atoms with Crippen LogP contribution in [-0.4, -0.2) is 57.0 Å². The van der Waals surface area contributed by atoms with Gasteiger partial charge < -0.3 is 14.8 Å². The molecule has 240 valence electrons. The van der Waals surface area contributed by atoms with Gasteiger partial charge in [0.2, 0.25) is 5.91 Å². The van der Waals surface area contributed by atoms with Crippen molar-refractivity contribution in [3.8, 4) is 28.4 Å².